The molecule has 2 aromatic rings. The van der Waals surface area contributed by atoms with Crippen molar-refractivity contribution < 1.29 is 24.2 Å². The third-order valence-corrected chi connectivity index (χ3v) is 4.31. The van der Waals surface area contributed by atoms with Crippen molar-refractivity contribution in [2.45, 2.75) is 31.3 Å². The Labute approximate surface area is 142 Å². The Hall–Kier alpha value is -2.71. The molecule has 0 amide bonds. The quantitative estimate of drug-likeness (QED) is 0.784. The number of benzene rings is 1. The smallest absolute Gasteiger partial charge is 0.338 e. The van der Waals surface area contributed by atoms with Gasteiger partial charge in [0, 0.05) is 5.56 Å². The fourth-order valence-corrected chi connectivity index (χ4v) is 2.96. The van der Waals surface area contributed by atoms with E-state index >= 15 is 0 Å². The molecule has 1 N–H and O–H groups in total. The van der Waals surface area contributed by atoms with Gasteiger partial charge in [0.2, 0.25) is 0 Å². The molecule has 1 saturated heterocycles. The summed E-state index contributed by atoms with van der Waals surface area (Å²) in [5.74, 6) is -0.198. The Morgan fingerprint density at radius 2 is 2.12 bits per heavy atom. The van der Waals surface area contributed by atoms with E-state index in [0.29, 0.717) is 17.0 Å². The summed E-state index contributed by atoms with van der Waals surface area (Å²) in [6.07, 6.45) is -1.62. The summed E-state index contributed by atoms with van der Waals surface area (Å²) in [6.45, 7) is 1.50. The molecule has 0 bridgehead atoms. The van der Waals surface area contributed by atoms with Crippen LogP contribution < -0.4 is 10.4 Å². The number of carbonyl (C=O) groups excluding carboxylic acids is 1. The molecule has 8 heteroatoms. The van der Waals surface area contributed by atoms with Gasteiger partial charge in [0.1, 0.15) is 18.8 Å². The van der Waals surface area contributed by atoms with Crippen molar-refractivity contribution in [2.24, 2.45) is 0 Å². The highest BCUT2D eigenvalue weighted by atomic mass is 16.7. The second kappa shape index (κ2) is 5.98. The summed E-state index contributed by atoms with van der Waals surface area (Å²) in [4.78, 5) is 33.3. The monoisotopic (exact) mass is 344 g/mol. The van der Waals surface area contributed by atoms with Crippen molar-refractivity contribution in [1.82, 2.24) is 9.71 Å². The Morgan fingerprint density at radius 3 is 2.88 bits per heavy atom. The molecule has 25 heavy (non-hydrogen) atoms. The minimum absolute atomic E-state index is 0.124. The summed E-state index contributed by atoms with van der Waals surface area (Å²) >= 11 is 0. The van der Waals surface area contributed by atoms with Crippen molar-refractivity contribution in [1.29, 1.82) is 0 Å². The largest absolute Gasteiger partial charge is 0.459 e. The maximum Gasteiger partial charge on any atom is 0.338 e. The van der Waals surface area contributed by atoms with Crippen molar-refractivity contribution in [3.63, 3.8) is 0 Å². The standard InChI is InChI=1S/C17H16N2O6/c1-9-7-19-15(18-16(9)21)14-13(25-19)12(20)11(24-14)8-23-17(22)10-5-3-2-4-6-10/h2-7,11-14,20H,8H2,1H3/t11-,12-,13+,14?/m1/s1. The molecule has 1 unspecified atom stereocenters. The lowest BCUT2D eigenvalue weighted by atomic mass is 10.1. The van der Waals surface area contributed by atoms with Crippen LogP contribution in [0.15, 0.2) is 41.3 Å². The molecule has 2 aliphatic rings. The van der Waals surface area contributed by atoms with Crippen molar-refractivity contribution in [3.8, 4) is 0 Å². The van der Waals surface area contributed by atoms with Crippen LogP contribution in [0.25, 0.3) is 0 Å². The summed E-state index contributed by atoms with van der Waals surface area (Å²) < 4.78 is 12.3. The van der Waals surface area contributed by atoms with Gasteiger partial charge >= 0.3 is 5.97 Å². The van der Waals surface area contributed by atoms with Crippen LogP contribution in [-0.2, 0) is 9.47 Å². The molecule has 0 aliphatic carbocycles. The Kier molecular flexibility index (Phi) is 3.78. The predicted molar refractivity (Wildman–Crippen MR) is 83.9 cm³/mol. The van der Waals surface area contributed by atoms with Crippen LogP contribution in [0.2, 0.25) is 0 Å². The van der Waals surface area contributed by atoms with E-state index in [4.69, 9.17) is 14.3 Å². The number of aliphatic hydroxyl groups is 1. The van der Waals surface area contributed by atoms with Crippen molar-refractivity contribution >= 4 is 5.97 Å². The van der Waals surface area contributed by atoms with Crippen LogP contribution in [0.4, 0.5) is 0 Å². The van der Waals surface area contributed by atoms with Crippen LogP contribution in [-0.4, -0.2) is 45.7 Å². The first-order valence-corrected chi connectivity index (χ1v) is 7.87. The van der Waals surface area contributed by atoms with E-state index in [1.54, 1.807) is 37.3 Å². The SMILES string of the molecule is Cc1cn2c(nc1=O)C1O[C@H](COC(=O)c3ccccc3)[C@@H](O)[C@@H]1O2. The summed E-state index contributed by atoms with van der Waals surface area (Å²) in [5, 5.41) is 10.4. The third kappa shape index (κ3) is 2.69. The molecule has 1 aromatic heterocycles. The molecular formula is C17H16N2O6. The van der Waals surface area contributed by atoms with Gasteiger partial charge in [-0.1, -0.05) is 18.2 Å². The molecule has 1 aromatic carbocycles. The van der Waals surface area contributed by atoms with Gasteiger partial charge in [0.15, 0.2) is 18.0 Å². The number of hydrogen-bond acceptors (Lipinski definition) is 7. The number of fused-ring (bicyclic) bond motifs is 3. The fourth-order valence-electron chi connectivity index (χ4n) is 2.96. The minimum atomic E-state index is -1.01. The first-order chi connectivity index (χ1) is 12.0. The third-order valence-electron chi connectivity index (χ3n) is 4.31. The van der Waals surface area contributed by atoms with Crippen LogP contribution in [0.3, 0.4) is 0 Å². The Bertz CT molecular complexity index is 865. The second-order valence-electron chi connectivity index (χ2n) is 6.03. The van der Waals surface area contributed by atoms with Gasteiger partial charge in [0.05, 0.1) is 11.8 Å². The maximum absolute atomic E-state index is 12.0. The number of aromatic nitrogens is 2. The lowest BCUT2D eigenvalue weighted by Crippen LogP contribution is -2.37. The van der Waals surface area contributed by atoms with Gasteiger partial charge in [0.25, 0.3) is 5.56 Å². The second-order valence-corrected chi connectivity index (χ2v) is 6.03. The average Bonchev–Trinajstić information content (AvgIpc) is 3.11. The molecule has 3 heterocycles. The van der Waals surface area contributed by atoms with E-state index in [0.717, 1.165) is 0 Å². The molecule has 1 fully saturated rings. The van der Waals surface area contributed by atoms with Crippen molar-refractivity contribution in [2.75, 3.05) is 6.61 Å². The zero-order valence-corrected chi connectivity index (χ0v) is 13.4. The van der Waals surface area contributed by atoms with Crippen LogP contribution >= 0.6 is 0 Å². The Morgan fingerprint density at radius 1 is 1.36 bits per heavy atom. The first-order valence-electron chi connectivity index (χ1n) is 7.87. The number of aliphatic hydroxyl groups excluding tert-OH is 1. The number of nitrogens with zero attached hydrogens (tertiary/aromatic N) is 2. The fraction of sp³-hybridized carbons (Fsp3) is 0.353. The maximum atomic E-state index is 12.0. The molecule has 130 valence electrons. The van der Waals surface area contributed by atoms with E-state index in [2.05, 4.69) is 4.98 Å². The summed E-state index contributed by atoms with van der Waals surface area (Å²) in [6, 6.07) is 8.55. The molecule has 4 atom stereocenters. The van der Waals surface area contributed by atoms with E-state index in [1.165, 1.54) is 10.9 Å². The topological polar surface area (TPSA) is 99.9 Å². The highest BCUT2D eigenvalue weighted by molar-refractivity contribution is 5.89. The van der Waals surface area contributed by atoms with Crippen LogP contribution in [0.5, 0.6) is 0 Å². The number of aryl methyl sites for hydroxylation is 1. The molecular weight excluding hydrogens is 328 g/mol. The molecule has 2 aliphatic heterocycles. The van der Waals surface area contributed by atoms with Gasteiger partial charge in [-0.2, -0.15) is 9.71 Å². The highest BCUT2D eigenvalue weighted by Crippen LogP contribution is 2.37. The summed E-state index contributed by atoms with van der Waals surface area (Å²) in [5.41, 5.74) is 0.486. The number of hydrogen-bond donors (Lipinski definition) is 1. The number of carbonyl (C=O) groups is 1. The molecule has 0 saturated carbocycles. The molecule has 0 spiro atoms. The first kappa shape index (κ1) is 15.8. The normalized spacial score (nSPS) is 26.6. The average molecular weight is 344 g/mol. The van der Waals surface area contributed by atoms with Gasteiger partial charge in [-0.05, 0) is 19.1 Å². The number of esters is 1. The summed E-state index contributed by atoms with van der Waals surface area (Å²) in [7, 11) is 0. The molecule has 4 rings (SSSR count). The van der Waals surface area contributed by atoms with E-state index in [1.807, 2.05) is 0 Å². The zero-order valence-electron chi connectivity index (χ0n) is 13.4. The van der Waals surface area contributed by atoms with Gasteiger partial charge < -0.3 is 19.4 Å². The highest BCUT2D eigenvalue weighted by Gasteiger charge is 2.52. The van der Waals surface area contributed by atoms with Gasteiger partial charge in [-0.25, -0.2) is 4.79 Å². The van der Waals surface area contributed by atoms with E-state index in [-0.39, 0.29) is 12.2 Å². The number of rotatable bonds is 3. The lowest BCUT2D eigenvalue weighted by molar-refractivity contribution is -0.0444. The molecule has 0 radical (unpaired) electrons. The van der Waals surface area contributed by atoms with Crippen LogP contribution in [0, 0.1) is 6.92 Å². The zero-order chi connectivity index (χ0) is 17.6. The minimum Gasteiger partial charge on any atom is -0.459 e. The van der Waals surface area contributed by atoms with Gasteiger partial charge in [-0.15, -0.1) is 0 Å². The lowest BCUT2D eigenvalue weighted by Gasteiger charge is -2.18. The predicted octanol–water partition coefficient (Wildman–Crippen LogP) is 0.0203. The van der Waals surface area contributed by atoms with E-state index in [9.17, 15) is 14.7 Å². The van der Waals surface area contributed by atoms with Gasteiger partial charge in [-0.3, -0.25) is 4.79 Å². The van der Waals surface area contributed by atoms with E-state index < -0.39 is 30.4 Å². The van der Waals surface area contributed by atoms with Crippen molar-refractivity contribution in [3.05, 3.63) is 63.8 Å². The number of ether oxygens (including phenoxy) is 2. The van der Waals surface area contributed by atoms with Crippen LogP contribution in [0.1, 0.15) is 27.8 Å². The molecule has 8 nitrogen and oxygen atoms in total. The Balaban J connectivity index is 1.45.